The van der Waals surface area contributed by atoms with Crippen LogP contribution in [0.4, 0.5) is 0 Å². The molecule has 0 spiro atoms. The first-order valence-electron chi connectivity index (χ1n) is 9.41. The number of guanidine groups is 1. The zero-order chi connectivity index (χ0) is 18.5. The molecule has 1 aliphatic carbocycles. The Morgan fingerprint density at radius 1 is 1.42 bits per heavy atom. The highest BCUT2D eigenvalue weighted by atomic mass is 35.5. The lowest BCUT2D eigenvalue weighted by Crippen LogP contribution is -2.45. The molecule has 5 nitrogen and oxygen atoms in total. The van der Waals surface area contributed by atoms with E-state index in [0.717, 1.165) is 42.4 Å². The number of benzene rings is 1. The van der Waals surface area contributed by atoms with Crippen molar-refractivity contribution >= 4 is 17.6 Å². The second-order valence-electron chi connectivity index (χ2n) is 7.08. The minimum Gasteiger partial charge on any atom is -0.357 e. The fourth-order valence-electron chi connectivity index (χ4n) is 3.22. The quantitative estimate of drug-likeness (QED) is 0.620. The third-order valence-corrected chi connectivity index (χ3v) is 4.85. The third-order valence-electron chi connectivity index (χ3n) is 4.62. The summed E-state index contributed by atoms with van der Waals surface area (Å²) in [5.74, 6) is 0.851. The summed E-state index contributed by atoms with van der Waals surface area (Å²) in [6.45, 7) is 7.86. The Bertz CT molecular complexity index is 765. The zero-order valence-corrected chi connectivity index (χ0v) is 16.6. The number of hydrogen-bond donors (Lipinski definition) is 2. The van der Waals surface area contributed by atoms with Gasteiger partial charge in [0.25, 0.3) is 0 Å². The first-order chi connectivity index (χ1) is 12.5. The van der Waals surface area contributed by atoms with Crippen LogP contribution in [-0.4, -0.2) is 28.3 Å². The van der Waals surface area contributed by atoms with Crippen molar-refractivity contribution in [1.82, 2.24) is 20.4 Å². The van der Waals surface area contributed by atoms with Gasteiger partial charge in [-0.2, -0.15) is 5.10 Å². The molecule has 6 heteroatoms. The number of nitrogens with one attached hydrogen (secondary N) is 2. The highest BCUT2D eigenvalue weighted by molar-refractivity contribution is 6.30. The second kappa shape index (κ2) is 8.58. The molecule has 0 saturated heterocycles. The average Bonchev–Trinajstić information content (AvgIpc) is 3.04. The van der Waals surface area contributed by atoms with E-state index in [9.17, 15) is 0 Å². The van der Waals surface area contributed by atoms with E-state index in [-0.39, 0.29) is 0 Å². The molecule has 0 radical (unpaired) electrons. The highest BCUT2D eigenvalue weighted by Gasteiger charge is 2.22. The average molecular weight is 374 g/mol. The van der Waals surface area contributed by atoms with Crippen LogP contribution in [0.2, 0.25) is 5.02 Å². The molecule has 0 fully saturated rings. The molecule has 0 amide bonds. The van der Waals surface area contributed by atoms with Gasteiger partial charge >= 0.3 is 0 Å². The van der Waals surface area contributed by atoms with Crippen LogP contribution in [0.1, 0.15) is 50.1 Å². The van der Waals surface area contributed by atoms with E-state index in [0.29, 0.717) is 18.6 Å². The second-order valence-corrected chi connectivity index (χ2v) is 7.52. The molecule has 0 saturated carbocycles. The lowest BCUT2D eigenvalue weighted by molar-refractivity contribution is 0.499. The van der Waals surface area contributed by atoms with Crippen LogP contribution in [0.5, 0.6) is 0 Å². The van der Waals surface area contributed by atoms with Gasteiger partial charge in [-0.25, -0.2) is 4.99 Å². The fraction of sp³-hybridized carbons (Fsp3) is 0.500. The lowest BCUT2D eigenvalue weighted by Gasteiger charge is -2.24. The van der Waals surface area contributed by atoms with Crippen molar-refractivity contribution < 1.29 is 0 Å². The molecule has 3 rings (SSSR count). The van der Waals surface area contributed by atoms with Crippen molar-refractivity contribution in [2.24, 2.45) is 4.99 Å². The van der Waals surface area contributed by atoms with Gasteiger partial charge in [0, 0.05) is 36.3 Å². The summed E-state index contributed by atoms with van der Waals surface area (Å²) in [5.41, 5.74) is 3.71. The number of halogens is 1. The Labute approximate surface area is 160 Å². The molecule has 1 heterocycles. The van der Waals surface area contributed by atoms with Crippen LogP contribution in [-0.2, 0) is 19.4 Å². The maximum absolute atomic E-state index is 6.06. The molecule has 1 unspecified atom stereocenters. The van der Waals surface area contributed by atoms with Crippen molar-refractivity contribution in [2.45, 2.75) is 58.7 Å². The molecular formula is C20H28ClN5. The highest BCUT2D eigenvalue weighted by Crippen LogP contribution is 2.21. The third kappa shape index (κ3) is 4.79. The monoisotopic (exact) mass is 373 g/mol. The SMILES string of the molecule is CCNC(=NCc1cccc(Cl)c1)NC1CCc2cn(C(C)C)nc2C1. The van der Waals surface area contributed by atoms with E-state index in [1.54, 1.807) is 0 Å². The maximum Gasteiger partial charge on any atom is 0.191 e. The fourth-order valence-corrected chi connectivity index (χ4v) is 3.43. The molecule has 0 aliphatic heterocycles. The smallest absolute Gasteiger partial charge is 0.191 e. The molecule has 26 heavy (non-hydrogen) atoms. The molecule has 2 N–H and O–H groups in total. The summed E-state index contributed by atoms with van der Waals surface area (Å²) in [4.78, 5) is 4.72. The summed E-state index contributed by atoms with van der Waals surface area (Å²) in [5, 5.41) is 12.4. The van der Waals surface area contributed by atoms with Gasteiger partial charge in [0.05, 0.1) is 12.2 Å². The minimum absolute atomic E-state index is 0.357. The molecule has 1 atom stereocenters. The molecular weight excluding hydrogens is 346 g/mol. The number of fused-ring (bicyclic) bond motifs is 1. The topological polar surface area (TPSA) is 54.2 Å². The normalized spacial score (nSPS) is 17.3. The molecule has 1 aromatic carbocycles. The number of aliphatic imine (C=N–C) groups is 1. The van der Waals surface area contributed by atoms with E-state index in [2.05, 4.69) is 42.3 Å². The van der Waals surface area contributed by atoms with Crippen LogP contribution in [0.25, 0.3) is 0 Å². The molecule has 1 aromatic heterocycles. The number of aryl methyl sites for hydroxylation is 1. The summed E-state index contributed by atoms with van der Waals surface area (Å²) < 4.78 is 2.07. The van der Waals surface area contributed by atoms with Gasteiger partial charge in [0.2, 0.25) is 0 Å². The van der Waals surface area contributed by atoms with Gasteiger partial charge in [0.15, 0.2) is 5.96 Å². The Morgan fingerprint density at radius 2 is 2.27 bits per heavy atom. The van der Waals surface area contributed by atoms with Gasteiger partial charge in [-0.3, -0.25) is 4.68 Å². The standard InChI is InChI=1S/C20H28ClN5/c1-4-22-20(23-12-15-6-5-7-17(21)10-15)24-18-9-8-16-13-26(14(2)3)25-19(16)11-18/h5-7,10,13-14,18H,4,8-9,11-12H2,1-3H3,(H2,22,23,24). The minimum atomic E-state index is 0.357. The van der Waals surface area contributed by atoms with Crippen molar-refractivity contribution in [3.8, 4) is 0 Å². The van der Waals surface area contributed by atoms with Crippen molar-refractivity contribution in [3.05, 3.63) is 52.3 Å². The van der Waals surface area contributed by atoms with Crippen molar-refractivity contribution in [1.29, 1.82) is 0 Å². The predicted octanol–water partition coefficient (Wildman–Crippen LogP) is 3.73. The number of aromatic nitrogens is 2. The Morgan fingerprint density at radius 3 is 3.00 bits per heavy atom. The first-order valence-corrected chi connectivity index (χ1v) is 9.79. The van der Waals surface area contributed by atoms with E-state index in [1.165, 1.54) is 11.3 Å². The molecule has 0 bridgehead atoms. The van der Waals surface area contributed by atoms with Gasteiger partial charge in [-0.15, -0.1) is 0 Å². The van der Waals surface area contributed by atoms with Gasteiger partial charge < -0.3 is 10.6 Å². The summed E-state index contributed by atoms with van der Waals surface area (Å²) in [6.07, 6.45) is 5.30. The van der Waals surface area contributed by atoms with Gasteiger partial charge in [0.1, 0.15) is 0 Å². The Hall–Kier alpha value is -2.01. The largest absolute Gasteiger partial charge is 0.357 e. The van der Waals surface area contributed by atoms with Crippen LogP contribution in [0, 0.1) is 0 Å². The predicted molar refractivity (Wildman–Crippen MR) is 108 cm³/mol. The molecule has 1 aliphatic rings. The van der Waals surface area contributed by atoms with Crippen LogP contribution >= 0.6 is 11.6 Å². The summed E-state index contributed by atoms with van der Waals surface area (Å²) >= 11 is 6.06. The zero-order valence-electron chi connectivity index (χ0n) is 15.8. The van der Waals surface area contributed by atoms with E-state index < -0.39 is 0 Å². The van der Waals surface area contributed by atoms with Crippen LogP contribution in [0.15, 0.2) is 35.5 Å². The van der Waals surface area contributed by atoms with Gasteiger partial charge in [-0.1, -0.05) is 23.7 Å². The van der Waals surface area contributed by atoms with Crippen LogP contribution in [0.3, 0.4) is 0 Å². The van der Waals surface area contributed by atoms with E-state index >= 15 is 0 Å². The Balaban J connectivity index is 1.65. The molecule has 2 aromatic rings. The summed E-state index contributed by atoms with van der Waals surface area (Å²) in [7, 11) is 0. The lowest BCUT2D eigenvalue weighted by atomic mass is 9.94. The maximum atomic E-state index is 6.06. The van der Waals surface area contributed by atoms with E-state index in [1.807, 2.05) is 24.3 Å². The first kappa shape index (κ1) is 18.8. The van der Waals surface area contributed by atoms with Crippen molar-refractivity contribution in [3.63, 3.8) is 0 Å². The molecule has 140 valence electrons. The number of nitrogens with zero attached hydrogens (tertiary/aromatic N) is 3. The number of rotatable bonds is 5. The van der Waals surface area contributed by atoms with Gasteiger partial charge in [-0.05, 0) is 56.9 Å². The Kier molecular flexibility index (Phi) is 6.20. The van der Waals surface area contributed by atoms with Crippen molar-refractivity contribution in [2.75, 3.05) is 6.54 Å². The van der Waals surface area contributed by atoms with E-state index in [4.69, 9.17) is 21.7 Å². The summed E-state index contributed by atoms with van der Waals surface area (Å²) in [6, 6.07) is 8.61. The number of hydrogen-bond acceptors (Lipinski definition) is 2. The van der Waals surface area contributed by atoms with Crippen LogP contribution < -0.4 is 10.6 Å².